The summed E-state index contributed by atoms with van der Waals surface area (Å²) in [6.07, 6.45) is 3.94. The van der Waals surface area contributed by atoms with Crippen molar-refractivity contribution >= 4 is 33.1 Å². The van der Waals surface area contributed by atoms with Gasteiger partial charge in [0.05, 0.1) is 24.4 Å². The molecule has 0 spiro atoms. The van der Waals surface area contributed by atoms with E-state index in [-0.39, 0.29) is 0 Å². The lowest BCUT2D eigenvalue weighted by Crippen LogP contribution is -2.12. The molecule has 0 radical (unpaired) electrons. The van der Waals surface area contributed by atoms with Crippen LogP contribution in [-0.4, -0.2) is 22.7 Å². The van der Waals surface area contributed by atoms with Crippen molar-refractivity contribution in [1.82, 2.24) is 9.78 Å². The Morgan fingerprint density at radius 3 is 2.61 bits per heavy atom. The summed E-state index contributed by atoms with van der Waals surface area (Å²) in [6, 6.07) is 11.9. The van der Waals surface area contributed by atoms with E-state index < -0.39 is 0 Å². The second-order valence-electron chi connectivity index (χ2n) is 7.10. The van der Waals surface area contributed by atoms with Crippen LogP contribution in [0.5, 0.6) is 5.75 Å². The fraction of sp³-hybridized carbons (Fsp3) is 0.391. The van der Waals surface area contributed by atoms with Gasteiger partial charge in [0.15, 0.2) is 0 Å². The smallest absolute Gasteiger partial charge is 0.150 e. The SMILES string of the molecule is CCc1nn(Cc2cc(Br)ccc2OCC(CC)CC)c2ccc(C=O)cc12. The molecular weight excluding hydrogens is 416 g/mol. The summed E-state index contributed by atoms with van der Waals surface area (Å²) in [7, 11) is 0. The molecule has 0 fully saturated rings. The number of halogens is 1. The number of ether oxygens (including phenoxy) is 1. The Balaban J connectivity index is 1.95. The minimum absolute atomic E-state index is 0.565. The minimum atomic E-state index is 0.565. The second-order valence-corrected chi connectivity index (χ2v) is 8.01. The van der Waals surface area contributed by atoms with Gasteiger partial charge < -0.3 is 4.74 Å². The molecule has 2 aromatic carbocycles. The molecule has 0 atom stereocenters. The maximum Gasteiger partial charge on any atom is 0.150 e. The Morgan fingerprint density at radius 2 is 1.93 bits per heavy atom. The van der Waals surface area contributed by atoms with Crippen molar-refractivity contribution in [2.24, 2.45) is 5.92 Å². The van der Waals surface area contributed by atoms with Crippen LogP contribution in [0.1, 0.15) is 55.2 Å². The molecule has 0 aliphatic rings. The number of fused-ring (bicyclic) bond motifs is 1. The van der Waals surface area contributed by atoms with Crippen LogP contribution in [0.4, 0.5) is 0 Å². The highest BCUT2D eigenvalue weighted by Crippen LogP contribution is 2.28. The molecule has 28 heavy (non-hydrogen) atoms. The van der Waals surface area contributed by atoms with E-state index in [1.54, 1.807) is 0 Å². The summed E-state index contributed by atoms with van der Waals surface area (Å²) in [5.74, 6) is 1.47. The average Bonchev–Trinajstić information content (AvgIpc) is 3.06. The number of carbonyl (C=O) groups excluding carboxylic acids is 1. The summed E-state index contributed by atoms with van der Waals surface area (Å²) in [4.78, 5) is 11.2. The van der Waals surface area contributed by atoms with E-state index >= 15 is 0 Å². The summed E-state index contributed by atoms with van der Waals surface area (Å²) in [5, 5.41) is 5.85. The van der Waals surface area contributed by atoms with E-state index in [0.717, 1.165) is 64.5 Å². The highest BCUT2D eigenvalue weighted by atomic mass is 79.9. The van der Waals surface area contributed by atoms with E-state index in [9.17, 15) is 4.79 Å². The highest BCUT2D eigenvalue weighted by Gasteiger charge is 2.14. The fourth-order valence-corrected chi connectivity index (χ4v) is 3.83. The summed E-state index contributed by atoms with van der Waals surface area (Å²) in [5.41, 5.74) is 3.81. The van der Waals surface area contributed by atoms with E-state index in [4.69, 9.17) is 9.84 Å². The van der Waals surface area contributed by atoms with Crippen molar-refractivity contribution < 1.29 is 9.53 Å². The zero-order chi connectivity index (χ0) is 20.1. The molecule has 0 saturated heterocycles. The topological polar surface area (TPSA) is 44.1 Å². The molecule has 0 N–H and O–H groups in total. The standard InChI is InChI=1S/C23H27BrN2O2/c1-4-16(5-2)15-28-23-10-8-19(24)12-18(23)13-26-22-9-7-17(14-27)11-20(22)21(6-3)25-26/h7-12,14,16H,4-6,13,15H2,1-3H3. The molecule has 1 aromatic heterocycles. The van der Waals surface area contributed by atoms with Crippen molar-refractivity contribution in [3.05, 3.63) is 57.7 Å². The number of aldehydes is 1. The van der Waals surface area contributed by atoms with Crippen LogP contribution in [0, 0.1) is 5.92 Å². The first kappa shape index (κ1) is 20.6. The molecule has 0 unspecified atom stereocenters. The van der Waals surface area contributed by atoms with Crippen LogP contribution in [0.15, 0.2) is 40.9 Å². The molecule has 148 valence electrons. The maximum absolute atomic E-state index is 11.2. The predicted octanol–water partition coefficient (Wildman–Crippen LogP) is 6.04. The molecule has 3 aromatic rings. The van der Waals surface area contributed by atoms with Crippen LogP contribution >= 0.6 is 15.9 Å². The van der Waals surface area contributed by atoms with Crippen LogP contribution < -0.4 is 4.74 Å². The zero-order valence-electron chi connectivity index (χ0n) is 16.7. The molecule has 0 amide bonds. The van der Waals surface area contributed by atoms with Gasteiger partial charge in [-0.2, -0.15) is 5.10 Å². The monoisotopic (exact) mass is 442 g/mol. The van der Waals surface area contributed by atoms with E-state index in [1.165, 1.54) is 0 Å². The second kappa shape index (κ2) is 9.37. The van der Waals surface area contributed by atoms with Gasteiger partial charge in [-0.05, 0) is 48.7 Å². The van der Waals surface area contributed by atoms with Gasteiger partial charge in [0, 0.05) is 21.0 Å². The zero-order valence-corrected chi connectivity index (χ0v) is 18.3. The molecule has 3 rings (SSSR count). The number of carbonyl (C=O) groups is 1. The third kappa shape index (κ3) is 4.46. The Hall–Kier alpha value is -2.14. The molecule has 0 saturated carbocycles. The summed E-state index contributed by atoms with van der Waals surface area (Å²) in [6.45, 7) is 7.84. The van der Waals surface area contributed by atoms with Crippen molar-refractivity contribution in [2.75, 3.05) is 6.61 Å². The molecule has 0 aliphatic carbocycles. The Labute approximate surface area is 175 Å². The number of hydrogen-bond acceptors (Lipinski definition) is 3. The van der Waals surface area contributed by atoms with Gasteiger partial charge in [0.1, 0.15) is 12.0 Å². The number of benzene rings is 2. The van der Waals surface area contributed by atoms with E-state index in [0.29, 0.717) is 18.0 Å². The predicted molar refractivity (Wildman–Crippen MR) is 117 cm³/mol. The third-order valence-electron chi connectivity index (χ3n) is 5.29. The minimum Gasteiger partial charge on any atom is -0.493 e. The lowest BCUT2D eigenvalue weighted by Gasteiger charge is -2.17. The molecule has 1 heterocycles. The summed E-state index contributed by atoms with van der Waals surface area (Å²) >= 11 is 3.58. The summed E-state index contributed by atoms with van der Waals surface area (Å²) < 4.78 is 9.21. The highest BCUT2D eigenvalue weighted by molar-refractivity contribution is 9.10. The first-order chi connectivity index (χ1) is 13.6. The normalized spacial score (nSPS) is 11.3. The maximum atomic E-state index is 11.2. The van der Waals surface area contributed by atoms with Gasteiger partial charge in [0.2, 0.25) is 0 Å². The Morgan fingerprint density at radius 1 is 1.14 bits per heavy atom. The van der Waals surface area contributed by atoms with Crippen molar-refractivity contribution in [2.45, 2.75) is 46.6 Å². The van der Waals surface area contributed by atoms with Gasteiger partial charge in [0.25, 0.3) is 0 Å². The first-order valence-electron chi connectivity index (χ1n) is 9.95. The quantitative estimate of drug-likeness (QED) is 0.379. The van der Waals surface area contributed by atoms with Crippen molar-refractivity contribution in [3.8, 4) is 5.75 Å². The fourth-order valence-electron chi connectivity index (χ4n) is 3.42. The lowest BCUT2D eigenvalue weighted by atomic mass is 10.1. The average molecular weight is 443 g/mol. The number of hydrogen-bond donors (Lipinski definition) is 0. The van der Waals surface area contributed by atoms with E-state index in [2.05, 4.69) is 42.8 Å². The first-order valence-corrected chi connectivity index (χ1v) is 10.7. The van der Waals surface area contributed by atoms with Gasteiger partial charge in [-0.15, -0.1) is 0 Å². The van der Waals surface area contributed by atoms with Crippen molar-refractivity contribution in [3.63, 3.8) is 0 Å². The Kier molecular flexibility index (Phi) is 6.89. The van der Waals surface area contributed by atoms with Gasteiger partial charge in [-0.1, -0.05) is 49.5 Å². The molecule has 0 bridgehead atoms. The van der Waals surface area contributed by atoms with Gasteiger partial charge in [-0.25, -0.2) is 0 Å². The lowest BCUT2D eigenvalue weighted by molar-refractivity contribution is 0.112. The number of rotatable bonds is 9. The molecule has 0 aliphatic heterocycles. The van der Waals surface area contributed by atoms with Crippen LogP contribution in [0.3, 0.4) is 0 Å². The number of nitrogens with zero attached hydrogens (tertiary/aromatic N) is 2. The Bertz CT molecular complexity index is 961. The molecule has 4 nitrogen and oxygen atoms in total. The van der Waals surface area contributed by atoms with E-state index in [1.807, 2.05) is 35.0 Å². The third-order valence-corrected chi connectivity index (χ3v) is 5.79. The van der Waals surface area contributed by atoms with Crippen LogP contribution in [0.25, 0.3) is 10.9 Å². The van der Waals surface area contributed by atoms with Gasteiger partial charge in [-0.3, -0.25) is 9.48 Å². The van der Waals surface area contributed by atoms with Crippen molar-refractivity contribution in [1.29, 1.82) is 0 Å². The number of aromatic nitrogens is 2. The van der Waals surface area contributed by atoms with Gasteiger partial charge >= 0.3 is 0 Å². The van der Waals surface area contributed by atoms with Crippen LogP contribution in [-0.2, 0) is 13.0 Å². The number of aryl methyl sites for hydroxylation is 1. The molecular formula is C23H27BrN2O2. The molecule has 5 heteroatoms. The van der Waals surface area contributed by atoms with Crippen LogP contribution in [0.2, 0.25) is 0 Å². The largest absolute Gasteiger partial charge is 0.493 e.